The first-order valence-corrected chi connectivity index (χ1v) is 6.63. The number of aliphatic hydroxyl groups excluding tert-OH is 1. The van der Waals surface area contributed by atoms with Crippen LogP contribution in [0.15, 0.2) is 18.2 Å². The van der Waals surface area contributed by atoms with Crippen LogP contribution in [0.1, 0.15) is 31.2 Å². The smallest absolute Gasteiger partial charge is 0.129 e. The van der Waals surface area contributed by atoms with Gasteiger partial charge in [-0.15, -0.1) is 0 Å². The van der Waals surface area contributed by atoms with E-state index in [1.807, 2.05) is 6.07 Å². The average molecular weight is 252 g/mol. The van der Waals surface area contributed by atoms with Crippen LogP contribution in [0, 0.1) is 5.82 Å². The van der Waals surface area contributed by atoms with E-state index in [-0.39, 0.29) is 25.0 Å². The van der Waals surface area contributed by atoms with E-state index in [0.29, 0.717) is 5.56 Å². The van der Waals surface area contributed by atoms with Gasteiger partial charge in [0.25, 0.3) is 0 Å². The Balaban J connectivity index is 2.35. The third-order valence-corrected chi connectivity index (χ3v) is 3.70. The summed E-state index contributed by atoms with van der Waals surface area (Å²) in [5.74, 6) is -0.254. The lowest BCUT2D eigenvalue weighted by Crippen LogP contribution is -2.38. The molecular weight excluding hydrogens is 231 g/mol. The van der Waals surface area contributed by atoms with Crippen LogP contribution in [0.25, 0.3) is 0 Å². The van der Waals surface area contributed by atoms with Crippen LogP contribution < -0.4 is 10.6 Å². The second-order valence-corrected chi connectivity index (χ2v) is 4.82. The number of benzene rings is 1. The van der Waals surface area contributed by atoms with Crippen molar-refractivity contribution in [2.75, 3.05) is 18.1 Å². The second-order valence-electron chi connectivity index (χ2n) is 4.82. The molecule has 1 unspecified atom stereocenters. The summed E-state index contributed by atoms with van der Waals surface area (Å²) in [6.45, 7) is 1.17. The number of nitrogens with zero attached hydrogens (tertiary/aromatic N) is 1. The molecule has 1 aliphatic heterocycles. The van der Waals surface area contributed by atoms with E-state index in [4.69, 9.17) is 5.73 Å². The fourth-order valence-electron chi connectivity index (χ4n) is 2.70. The van der Waals surface area contributed by atoms with E-state index in [9.17, 15) is 9.50 Å². The molecule has 4 heteroatoms. The number of hydrogen-bond acceptors (Lipinski definition) is 3. The molecule has 0 aromatic heterocycles. The summed E-state index contributed by atoms with van der Waals surface area (Å²) in [5, 5.41) is 9.51. The zero-order valence-electron chi connectivity index (χ0n) is 10.6. The van der Waals surface area contributed by atoms with Crippen molar-refractivity contribution in [3.05, 3.63) is 29.6 Å². The third kappa shape index (κ3) is 2.65. The Morgan fingerprint density at radius 2 is 2.17 bits per heavy atom. The number of aliphatic hydroxyl groups is 1. The van der Waals surface area contributed by atoms with Crippen molar-refractivity contribution in [3.8, 4) is 0 Å². The molecule has 0 saturated carbocycles. The van der Waals surface area contributed by atoms with E-state index in [2.05, 4.69) is 4.90 Å². The topological polar surface area (TPSA) is 49.5 Å². The molecule has 1 aromatic rings. The summed E-state index contributed by atoms with van der Waals surface area (Å²) in [5.41, 5.74) is 7.05. The highest BCUT2D eigenvalue weighted by atomic mass is 19.1. The van der Waals surface area contributed by atoms with E-state index in [1.165, 1.54) is 12.5 Å². The SMILES string of the molecule is NCc1c(F)cccc1N1CCCCCC1CO. The molecule has 0 spiro atoms. The van der Waals surface area contributed by atoms with Gasteiger partial charge in [-0.2, -0.15) is 0 Å². The Labute approximate surface area is 107 Å². The Morgan fingerprint density at radius 3 is 2.89 bits per heavy atom. The van der Waals surface area contributed by atoms with Gasteiger partial charge in [-0.25, -0.2) is 4.39 Å². The summed E-state index contributed by atoms with van der Waals surface area (Å²) < 4.78 is 13.8. The van der Waals surface area contributed by atoms with Gasteiger partial charge >= 0.3 is 0 Å². The van der Waals surface area contributed by atoms with Crippen LogP contribution >= 0.6 is 0 Å². The maximum Gasteiger partial charge on any atom is 0.129 e. The molecule has 1 aromatic carbocycles. The van der Waals surface area contributed by atoms with Crippen molar-refractivity contribution in [3.63, 3.8) is 0 Å². The predicted octanol–water partition coefficient (Wildman–Crippen LogP) is 2.03. The summed E-state index contributed by atoms with van der Waals surface area (Å²) in [7, 11) is 0. The molecule has 0 amide bonds. The van der Waals surface area contributed by atoms with Crippen molar-refractivity contribution in [2.24, 2.45) is 5.73 Å². The molecule has 100 valence electrons. The first kappa shape index (κ1) is 13.3. The molecule has 3 nitrogen and oxygen atoms in total. The average Bonchev–Trinajstić information content (AvgIpc) is 2.63. The Bertz CT molecular complexity index is 397. The molecule has 1 saturated heterocycles. The lowest BCUT2D eigenvalue weighted by Gasteiger charge is -2.32. The maximum atomic E-state index is 13.8. The number of halogens is 1. The third-order valence-electron chi connectivity index (χ3n) is 3.70. The van der Waals surface area contributed by atoms with Gasteiger partial charge in [0.15, 0.2) is 0 Å². The molecule has 18 heavy (non-hydrogen) atoms. The first-order chi connectivity index (χ1) is 8.77. The Morgan fingerprint density at radius 1 is 1.33 bits per heavy atom. The number of anilines is 1. The largest absolute Gasteiger partial charge is 0.394 e. The Hall–Kier alpha value is -1.13. The summed E-state index contributed by atoms with van der Waals surface area (Å²) in [6, 6.07) is 5.14. The highest BCUT2D eigenvalue weighted by Gasteiger charge is 2.23. The van der Waals surface area contributed by atoms with Crippen LogP contribution in [0.4, 0.5) is 10.1 Å². The van der Waals surface area contributed by atoms with Crippen LogP contribution in [0.5, 0.6) is 0 Å². The van der Waals surface area contributed by atoms with Gasteiger partial charge in [0.05, 0.1) is 12.6 Å². The molecule has 1 aliphatic rings. The van der Waals surface area contributed by atoms with Gasteiger partial charge < -0.3 is 15.7 Å². The van der Waals surface area contributed by atoms with E-state index in [0.717, 1.165) is 31.5 Å². The van der Waals surface area contributed by atoms with Gasteiger partial charge in [0.2, 0.25) is 0 Å². The molecule has 3 N–H and O–H groups in total. The van der Waals surface area contributed by atoms with Crippen LogP contribution in [0.2, 0.25) is 0 Å². The number of nitrogens with two attached hydrogens (primary N) is 1. The summed E-state index contributed by atoms with van der Waals surface area (Å²) in [6.07, 6.45) is 4.32. The number of hydrogen-bond donors (Lipinski definition) is 2. The normalized spacial score (nSPS) is 20.8. The zero-order valence-corrected chi connectivity index (χ0v) is 10.6. The maximum absolute atomic E-state index is 13.8. The van der Waals surface area contributed by atoms with Crippen molar-refractivity contribution in [2.45, 2.75) is 38.3 Å². The molecule has 0 radical (unpaired) electrons. The van der Waals surface area contributed by atoms with Gasteiger partial charge in [0, 0.05) is 24.3 Å². The van der Waals surface area contributed by atoms with E-state index in [1.54, 1.807) is 6.07 Å². The fourth-order valence-corrected chi connectivity index (χ4v) is 2.70. The monoisotopic (exact) mass is 252 g/mol. The molecule has 0 aliphatic carbocycles. The van der Waals surface area contributed by atoms with Gasteiger partial charge in [-0.3, -0.25) is 0 Å². The molecular formula is C14H21FN2O. The minimum atomic E-state index is -0.254. The first-order valence-electron chi connectivity index (χ1n) is 6.63. The van der Waals surface area contributed by atoms with Crippen molar-refractivity contribution >= 4 is 5.69 Å². The molecule has 2 rings (SSSR count). The quantitative estimate of drug-likeness (QED) is 0.865. The van der Waals surface area contributed by atoms with Gasteiger partial charge in [0.1, 0.15) is 5.82 Å². The minimum absolute atomic E-state index is 0.0830. The van der Waals surface area contributed by atoms with Crippen molar-refractivity contribution in [1.82, 2.24) is 0 Å². The van der Waals surface area contributed by atoms with E-state index >= 15 is 0 Å². The predicted molar refractivity (Wildman–Crippen MR) is 71.0 cm³/mol. The van der Waals surface area contributed by atoms with Crippen LogP contribution in [-0.4, -0.2) is 24.3 Å². The van der Waals surface area contributed by atoms with Crippen LogP contribution in [0.3, 0.4) is 0 Å². The Kier molecular flexibility index (Phi) is 4.55. The molecule has 1 atom stereocenters. The fraction of sp³-hybridized carbons (Fsp3) is 0.571. The molecule has 1 fully saturated rings. The zero-order chi connectivity index (χ0) is 13.0. The lowest BCUT2D eigenvalue weighted by atomic mass is 10.1. The van der Waals surface area contributed by atoms with Crippen molar-refractivity contribution < 1.29 is 9.50 Å². The molecule has 1 heterocycles. The summed E-state index contributed by atoms with van der Waals surface area (Å²) in [4.78, 5) is 2.12. The summed E-state index contributed by atoms with van der Waals surface area (Å²) >= 11 is 0. The minimum Gasteiger partial charge on any atom is -0.394 e. The standard InChI is InChI=1S/C14H21FN2O/c15-13-6-4-7-14(12(13)9-16)17-8-3-1-2-5-11(17)10-18/h4,6-7,11,18H,1-3,5,8-10,16H2. The van der Waals surface area contributed by atoms with E-state index < -0.39 is 0 Å². The second kappa shape index (κ2) is 6.16. The highest BCUT2D eigenvalue weighted by molar-refractivity contribution is 5.55. The lowest BCUT2D eigenvalue weighted by molar-refractivity contribution is 0.255. The number of rotatable bonds is 3. The highest BCUT2D eigenvalue weighted by Crippen LogP contribution is 2.28. The van der Waals surface area contributed by atoms with Gasteiger partial charge in [-0.05, 0) is 25.0 Å². The van der Waals surface area contributed by atoms with Crippen LogP contribution in [-0.2, 0) is 6.54 Å². The van der Waals surface area contributed by atoms with Crippen molar-refractivity contribution in [1.29, 1.82) is 0 Å². The van der Waals surface area contributed by atoms with Gasteiger partial charge in [-0.1, -0.05) is 18.9 Å². The molecule has 0 bridgehead atoms.